The minimum absolute atomic E-state index is 0.239. The number of hydrogen-bond acceptors (Lipinski definition) is 6. The Hall–Kier alpha value is -4.33. The minimum Gasteiger partial charge on any atom is -0.452 e. The molecule has 1 aliphatic carbocycles. The van der Waals surface area contributed by atoms with Gasteiger partial charge in [-0.25, -0.2) is 14.2 Å². The molecule has 0 fully saturated rings. The number of para-hydroxylation sites is 1. The standard InChI is InChI=1S/C26H20FN3O4/c27-18-10-8-16(9-11-18)14-17-4-3-6-20-24(19-5-1-2-7-21(19)28-25(17)20)26(32)33-15-23(31)29-22-12-13-34-30-22/h1-2,5,7-14H,3-4,6,15H2,(H,29,30,31)/b17-14+. The number of amides is 1. The van der Waals surface area contributed by atoms with Crippen molar-refractivity contribution in [2.24, 2.45) is 0 Å². The van der Waals surface area contributed by atoms with Crippen molar-refractivity contribution >= 4 is 40.2 Å². The summed E-state index contributed by atoms with van der Waals surface area (Å²) in [5.74, 6) is -1.17. The highest BCUT2D eigenvalue weighted by atomic mass is 19.1. The zero-order valence-corrected chi connectivity index (χ0v) is 18.1. The second kappa shape index (κ2) is 9.27. The molecule has 2 aromatic heterocycles. The number of nitrogens with zero attached hydrogens (tertiary/aromatic N) is 2. The van der Waals surface area contributed by atoms with E-state index in [1.54, 1.807) is 12.1 Å². The summed E-state index contributed by atoms with van der Waals surface area (Å²) in [6.45, 7) is -0.463. The van der Waals surface area contributed by atoms with Crippen molar-refractivity contribution in [2.45, 2.75) is 19.3 Å². The third kappa shape index (κ3) is 4.43. The fraction of sp³-hybridized carbons (Fsp3) is 0.154. The van der Waals surface area contributed by atoms with Crippen LogP contribution in [0.1, 0.15) is 40.0 Å². The van der Waals surface area contributed by atoms with E-state index in [1.807, 2.05) is 30.3 Å². The number of carbonyl (C=O) groups is 2. The maximum Gasteiger partial charge on any atom is 0.339 e. The molecule has 0 saturated carbocycles. The van der Waals surface area contributed by atoms with Crippen LogP contribution in [0.2, 0.25) is 0 Å². The molecule has 1 N–H and O–H groups in total. The highest BCUT2D eigenvalue weighted by molar-refractivity contribution is 6.07. The maximum atomic E-state index is 13.3. The van der Waals surface area contributed by atoms with Gasteiger partial charge >= 0.3 is 5.97 Å². The summed E-state index contributed by atoms with van der Waals surface area (Å²) in [4.78, 5) is 30.2. The molecular weight excluding hydrogens is 437 g/mol. The number of allylic oxidation sites excluding steroid dienone is 1. The van der Waals surface area contributed by atoms with Crippen molar-refractivity contribution < 1.29 is 23.2 Å². The van der Waals surface area contributed by atoms with Gasteiger partial charge in [0.15, 0.2) is 12.4 Å². The van der Waals surface area contributed by atoms with Crippen LogP contribution < -0.4 is 5.32 Å². The highest BCUT2D eigenvalue weighted by Crippen LogP contribution is 2.36. The molecule has 0 saturated heterocycles. The van der Waals surface area contributed by atoms with Gasteiger partial charge < -0.3 is 14.6 Å². The number of halogens is 1. The van der Waals surface area contributed by atoms with Crippen LogP contribution in [-0.2, 0) is 16.0 Å². The van der Waals surface area contributed by atoms with Crippen LogP contribution in [0.15, 0.2) is 65.4 Å². The quantitative estimate of drug-likeness (QED) is 0.422. The Balaban J connectivity index is 1.49. The summed E-state index contributed by atoms with van der Waals surface area (Å²) in [6.07, 6.45) is 5.56. The van der Waals surface area contributed by atoms with Crippen LogP contribution in [0.25, 0.3) is 22.6 Å². The average molecular weight is 457 g/mol. The number of benzene rings is 2. The second-order valence-electron chi connectivity index (χ2n) is 7.91. The Kier molecular flexibility index (Phi) is 5.86. The fourth-order valence-electron chi connectivity index (χ4n) is 4.13. The van der Waals surface area contributed by atoms with Gasteiger partial charge in [-0.15, -0.1) is 0 Å². The van der Waals surface area contributed by atoms with Crippen LogP contribution >= 0.6 is 0 Å². The van der Waals surface area contributed by atoms with Gasteiger partial charge in [-0.2, -0.15) is 0 Å². The van der Waals surface area contributed by atoms with E-state index in [1.165, 1.54) is 24.5 Å². The van der Waals surface area contributed by atoms with Crippen LogP contribution in [-0.4, -0.2) is 28.6 Å². The number of esters is 1. The molecule has 7 nitrogen and oxygen atoms in total. The van der Waals surface area contributed by atoms with E-state index >= 15 is 0 Å². The monoisotopic (exact) mass is 457 g/mol. The number of fused-ring (bicyclic) bond motifs is 2. The Bertz CT molecular complexity index is 1400. The summed E-state index contributed by atoms with van der Waals surface area (Å²) in [5, 5.41) is 6.77. The van der Waals surface area contributed by atoms with Gasteiger partial charge in [-0.3, -0.25) is 4.79 Å². The van der Waals surface area contributed by atoms with Gasteiger partial charge in [0, 0.05) is 11.5 Å². The highest BCUT2D eigenvalue weighted by Gasteiger charge is 2.26. The third-order valence-corrected chi connectivity index (χ3v) is 5.63. The summed E-state index contributed by atoms with van der Waals surface area (Å²) in [7, 11) is 0. The molecule has 8 heteroatoms. The number of ether oxygens (including phenoxy) is 1. The third-order valence-electron chi connectivity index (χ3n) is 5.63. The molecule has 0 bridgehead atoms. The van der Waals surface area contributed by atoms with Crippen LogP contribution in [0.5, 0.6) is 0 Å². The summed E-state index contributed by atoms with van der Waals surface area (Å²) < 4.78 is 23.4. The smallest absolute Gasteiger partial charge is 0.339 e. The Morgan fingerprint density at radius 3 is 2.71 bits per heavy atom. The van der Waals surface area contributed by atoms with E-state index in [4.69, 9.17) is 9.72 Å². The number of rotatable bonds is 5. The molecule has 2 aromatic carbocycles. The number of hydrogen-bond donors (Lipinski definition) is 1. The molecule has 0 aliphatic heterocycles. The van der Waals surface area contributed by atoms with Crippen molar-refractivity contribution in [3.63, 3.8) is 0 Å². The average Bonchev–Trinajstić information content (AvgIpc) is 3.36. The number of anilines is 1. The van der Waals surface area contributed by atoms with Gasteiger partial charge in [-0.1, -0.05) is 35.5 Å². The largest absolute Gasteiger partial charge is 0.452 e. The van der Waals surface area contributed by atoms with Crippen molar-refractivity contribution in [1.82, 2.24) is 10.1 Å². The van der Waals surface area contributed by atoms with E-state index in [-0.39, 0.29) is 11.6 Å². The van der Waals surface area contributed by atoms with E-state index in [2.05, 4.69) is 15.0 Å². The molecule has 170 valence electrons. The number of aromatic nitrogens is 2. The molecule has 0 radical (unpaired) electrons. The zero-order valence-electron chi connectivity index (χ0n) is 18.1. The molecule has 5 rings (SSSR count). The first-order valence-corrected chi connectivity index (χ1v) is 10.8. The molecule has 4 aromatic rings. The van der Waals surface area contributed by atoms with Gasteiger partial charge in [0.05, 0.1) is 16.8 Å². The lowest BCUT2D eigenvalue weighted by molar-refractivity contribution is -0.119. The lowest BCUT2D eigenvalue weighted by atomic mass is 9.86. The maximum absolute atomic E-state index is 13.3. The summed E-state index contributed by atoms with van der Waals surface area (Å²) >= 11 is 0. The van der Waals surface area contributed by atoms with Crippen LogP contribution in [0, 0.1) is 5.82 Å². The molecule has 34 heavy (non-hydrogen) atoms. The van der Waals surface area contributed by atoms with Gasteiger partial charge in [0.25, 0.3) is 5.91 Å². The molecule has 0 spiro atoms. The topological polar surface area (TPSA) is 94.3 Å². The van der Waals surface area contributed by atoms with Gasteiger partial charge in [0.1, 0.15) is 12.1 Å². The lowest BCUT2D eigenvalue weighted by Gasteiger charge is -2.22. The molecule has 0 atom stereocenters. The lowest BCUT2D eigenvalue weighted by Crippen LogP contribution is -2.22. The predicted octanol–water partition coefficient (Wildman–Crippen LogP) is 5.03. The van der Waals surface area contributed by atoms with Crippen LogP contribution in [0.3, 0.4) is 0 Å². The van der Waals surface area contributed by atoms with Crippen molar-refractivity contribution in [1.29, 1.82) is 0 Å². The molecule has 1 amide bonds. The summed E-state index contributed by atoms with van der Waals surface area (Å²) in [5.41, 5.74) is 4.42. The first-order valence-electron chi connectivity index (χ1n) is 10.8. The minimum atomic E-state index is -0.590. The SMILES string of the molecule is O=C(COC(=O)c1c2c(nc3ccccc13)/C(=C/c1ccc(F)cc1)CCC2)Nc1ccon1. The van der Waals surface area contributed by atoms with Crippen molar-refractivity contribution in [3.8, 4) is 0 Å². The number of pyridine rings is 1. The second-order valence-corrected chi connectivity index (χ2v) is 7.91. The fourth-order valence-corrected chi connectivity index (χ4v) is 4.13. The molecule has 2 heterocycles. The van der Waals surface area contributed by atoms with Crippen molar-refractivity contribution in [3.05, 3.63) is 89.1 Å². The van der Waals surface area contributed by atoms with E-state index < -0.39 is 18.5 Å². The van der Waals surface area contributed by atoms with Crippen molar-refractivity contribution in [2.75, 3.05) is 11.9 Å². The first kappa shape index (κ1) is 21.5. The molecule has 0 unspecified atom stereocenters. The zero-order chi connectivity index (χ0) is 23.5. The molecular formula is C26H20FN3O4. The van der Waals surface area contributed by atoms with E-state index in [9.17, 15) is 14.0 Å². The number of nitrogens with one attached hydrogen (secondary N) is 1. The molecule has 1 aliphatic rings. The van der Waals surface area contributed by atoms with Gasteiger partial charge in [0.2, 0.25) is 0 Å². The normalized spacial score (nSPS) is 14.1. The Morgan fingerprint density at radius 2 is 1.91 bits per heavy atom. The van der Waals surface area contributed by atoms with Crippen LogP contribution in [0.4, 0.5) is 10.2 Å². The Labute approximate surface area is 194 Å². The Morgan fingerprint density at radius 1 is 1.09 bits per heavy atom. The first-order chi connectivity index (χ1) is 16.6. The van der Waals surface area contributed by atoms with E-state index in [0.29, 0.717) is 22.9 Å². The van der Waals surface area contributed by atoms with Gasteiger partial charge in [-0.05, 0) is 60.2 Å². The van der Waals surface area contributed by atoms with E-state index in [0.717, 1.165) is 35.2 Å². The number of carbonyl (C=O) groups excluding carboxylic acids is 2. The predicted molar refractivity (Wildman–Crippen MR) is 124 cm³/mol. The summed E-state index contributed by atoms with van der Waals surface area (Å²) in [6, 6.07) is 15.1.